The van der Waals surface area contributed by atoms with Crippen LogP contribution in [0.3, 0.4) is 0 Å². The number of fused-ring (bicyclic) bond motifs is 1. The van der Waals surface area contributed by atoms with Gasteiger partial charge in [-0.15, -0.1) is 0 Å². The maximum atomic E-state index is 12.1. The van der Waals surface area contributed by atoms with Gasteiger partial charge in [0.15, 0.2) is 0 Å². The van der Waals surface area contributed by atoms with Gasteiger partial charge in [-0.25, -0.2) is 9.59 Å². The number of hydrogen-bond acceptors (Lipinski definition) is 5. The molecule has 1 heterocycles. The lowest BCUT2D eigenvalue weighted by Gasteiger charge is -2.03. The van der Waals surface area contributed by atoms with Gasteiger partial charge in [-0.2, -0.15) is 0 Å². The first kappa shape index (κ1) is 13.9. The Morgan fingerprint density at radius 1 is 0.955 bits per heavy atom. The molecule has 0 N–H and O–H groups in total. The van der Waals surface area contributed by atoms with Gasteiger partial charge in [0.05, 0.1) is 12.7 Å². The summed E-state index contributed by atoms with van der Waals surface area (Å²) in [5.74, 6) is -0.603. The van der Waals surface area contributed by atoms with E-state index in [-0.39, 0.29) is 5.76 Å². The molecule has 0 aliphatic carbocycles. The van der Waals surface area contributed by atoms with Gasteiger partial charge in [-0.3, -0.25) is 0 Å². The SMILES string of the molecule is COC(=O)c1ccc(OC(=O)c2cc3ccccc3o2)cc1. The molecule has 0 aliphatic rings. The van der Waals surface area contributed by atoms with Crippen molar-refractivity contribution >= 4 is 22.9 Å². The van der Waals surface area contributed by atoms with Crippen molar-refractivity contribution in [3.63, 3.8) is 0 Å². The van der Waals surface area contributed by atoms with E-state index in [0.717, 1.165) is 5.39 Å². The molecule has 0 fully saturated rings. The third kappa shape index (κ3) is 2.69. The lowest BCUT2D eigenvalue weighted by atomic mass is 10.2. The molecule has 0 unspecified atom stereocenters. The summed E-state index contributed by atoms with van der Waals surface area (Å²) in [6.07, 6.45) is 0. The maximum Gasteiger partial charge on any atom is 0.379 e. The van der Waals surface area contributed by atoms with Gasteiger partial charge in [-0.1, -0.05) is 18.2 Å². The predicted octanol–water partition coefficient (Wildman–Crippen LogP) is 3.44. The zero-order valence-electron chi connectivity index (χ0n) is 11.7. The van der Waals surface area contributed by atoms with Crippen molar-refractivity contribution < 1.29 is 23.5 Å². The summed E-state index contributed by atoms with van der Waals surface area (Å²) in [6, 6.07) is 15.0. The largest absolute Gasteiger partial charge is 0.465 e. The maximum absolute atomic E-state index is 12.1. The van der Waals surface area contributed by atoms with Gasteiger partial charge in [-0.05, 0) is 36.4 Å². The minimum Gasteiger partial charge on any atom is -0.465 e. The smallest absolute Gasteiger partial charge is 0.379 e. The Morgan fingerprint density at radius 2 is 1.68 bits per heavy atom. The number of furan rings is 1. The number of hydrogen-bond donors (Lipinski definition) is 0. The molecule has 110 valence electrons. The van der Waals surface area contributed by atoms with Crippen molar-refractivity contribution in [2.24, 2.45) is 0 Å². The van der Waals surface area contributed by atoms with E-state index >= 15 is 0 Å². The van der Waals surface area contributed by atoms with E-state index in [1.54, 1.807) is 12.1 Å². The minimum atomic E-state index is -0.595. The Labute approximate surface area is 126 Å². The first-order chi connectivity index (χ1) is 10.7. The summed E-state index contributed by atoms with van der Waals surface area (Å²) in [7, 11) is 1.30. The van der Waals surface area contributed by atoms with Gasteiger partial charge >= 0.3 is 11.9 Å². The van der Waals surface area contributed by atoms with Crippen LogP contribution in [0.2, 0.25) is 0 Å². The highest BCUT2D eigenvalue weighted by molar-refractivity contribution is 5.94. The predicted molar refractivity (Wildman–Crippen MR) is 79.0 cm³/mol. The van der Waals surface area contributed by atoms with E-state index < -0.39 is 11.9 Å². The quantitative estimate of drug-likeness (QED) is 0.547. The van der Waals surface area contributed by atoms with Crippen LogP contribution in [-0.2, 0) is 4.74 Å². The second-order valence-corrected chi connectivity index (χ2v) is 4.55. The van der Waals surface area contributed by atoms with Crippen LogP contribution < -0.4 is 4.74 Å². The van der Waals surface area contributed by atoms with Gasteiger partial charge in [0, 0.05) is 5.39 Å². The molecule has 0 aliphatic heterocycles. The molecule has 22 heavy (non-hydrogen) atoms. The molecule has 0 atom stereocenters. The highest BCUT2D eigenvalue weighted by atomic mass is 16.5. The van der Waals surface area contributed by atoms with E-state index in [2.05, 4.69) is 4.74 Å². The second kappa shape index (κ2) is 5.73. The Kier molecular flexibility index (Phi) is 3.62. The van der Waals surface area contributed by atoms with Crippen LogP contribution in [0.5, 0.6) is 5.75 Å². The summed E-state index contributed by atoms with van der Waals surface area (Å²) >= 11 is 0. The van der Waals surface area contributed by atoms with E-state index in [9.17, 15) is 9.59 Å². The molecule has 1 aromatic heterocycles. The summed E-state index contributed by atoms with van der Waals surface area (Å²) in [6.45, 7) is 0. The monoisotopic (exact) mass is 296 g/mol. The third-order valence-corrected chi connectivity index (χ3v) is 3.11. The van der Waals surface area contributed by atoms with Gasteiger partial charge in [0.25, 0.3) is 0 Å². The number of methoxy groups -OCH3 is 1. The number of rotatable bonds is 3. The zero-order valence-corrected chi connectivity index (χ0v) is 11.7. The second-order valence-electron chi connectivity index (χ2n) is 4.55. The summed E-state index contributed by atoms with van der Waals surface area (Å²) < 4.78 is 15.2. The molecule has 5 nitrogen and oxygen atoms in total. The fourth-order valence-corrected chi connectivity index (χ4v) is 2.02. The number of para-hydroxylation sites is 1. The first-order valence-electron chi connectivity index (χ1n) is 6.56. The van der Waals surface area contributed by atoms with E-state index in [4.69, 9.17) is 9.15 Å². The summed E-state index contributed by atoms with van der Waals surface area (Å²) in [4.78, 5) is 23.4. The zero-order chi connectivity index (χ0) is 15.5. The number of benzene rings is 2. The molecular weight excluding hydrogens is 284 g/mol. The van der Waals surface area contributed by atoms with Crippen molar-refractivity contribution in [1.82, 2.24) is 0 Å². The molecular formula is C17H12O5. The minimum absolute atomic E-state index is 0.123. The van der Waals surface area contributed by atoms with Crippen molar-refractivity contribution in [3.05, 3.63) is 65.9 Å². The molecule has 0 saturated carbocycles. The molecule has 3 rings (SSSR count). The van der Waals surface area contributed by atoms with E-state index in [0.29, 0.717) is 16.9 Å². The fourth-order valence-electron chi connectivity index (χ4n) is 2.02. The highest BCUT2D eigenvalue weighted by Gasteiger charge is 2.15. The van der Waals surface area contributed by atoms with Gasteiger partial charge in [0.2, 0.25) is 5.76 Å². The lowest BCUT2D eigenvalue weighted by Crippen LogP contribution is -2.07. The molecule has 0 radical (unpaired) electrons. The third-order valence-electron chi connectivity index (χ3n) is 3.11. The Morgan fingerprint density at radius 3 is 2.36 bits per heavy atom. The molecule has 5 heteroatoms. The van der Waals surface area contributed by atoms with Crippen LogP contribution in [0.25, 0.3) is 11.0 Å². The molecule has 3 aromatic rings. The molecule has 0 saturated heterocycles. The number of ether oxygens (including phenoxy) is 2. The Hall–Kier alpha value is -3.08. The average Bonchev–Trinajstić information content (AvgIpc) is 2.99. The van der Waals surface area contributed by atoms with E-state index in [1.165, 1.54) is 31.4 Å². The molecule has 0 spiro atoms. The number of carbonyl (C=O) groups excluding carboxylic acids is 2. The lowest BCUT2D eigenvalue weighted by molar-refractivity contribution is 0.0600. The van der Waals surface area contributed by atoms with Crippen molar-refractivity contribution in [2.45, 2.75) is 0 Å². The van der Waals surface area contributed by atoms with Crippen LogP contribution in [0.4, 0.5) is 0 Å². The highest BCUT2D eigenvalue weighted by Crippen LogP contribution is 2.21. The van der Waals surface area contributed by atoms with Crippen LogP contribution in [0.15, 0.2) is 59.0 Å². The first-order valence-corrected chi connectivity index (χ1v) is 6.56. The standard InChI is InChI=1S/C17H12O5/c1-20-16(18)11-6-8-13(9-7-11)21-17(19)15-10-12-4-2-3-5-14(12)22-15/h2-10H,1H3. The average molecular weight is 296 g/mol. The van der Waals surface area contributed by atoms with Gasteiger partial charge in [0.1, 0.15) is 11.3 Å². The van der Waals surface area contributed by atoms with Crippen LogP contribution in [0.1, 0.15) is 20.9 Å². The Balaban J connectivity index is 1.77. The summed E-state index contributed by atoms with van der Waals surface area (Å²) in [5, 5.41) is 0.829. The van der Waals surface area contributed by atoms with Crippen molar-refractivity contribution in [3.8, 4) is 5.75 Å². The van der Waals surface area contributed by atoms with Crippen LogP contribution in [-0.4, -0.2) is 19.0 Å². The summed E-state index contributed by atoms with van der Waals surface area (Å²) in [5.41, 5.74) is 1.00. The van der Waals surface area contributed by atoms with Gasteiger partial charge < -0.3 is 13.9 Å². The fraction of sp³-hybridized carbons (Fsp3) is 0.0588. The van der Waals surface area contributed by atoms with E-state index in [1.807, 2.05) is 18.2 Å². The van der Waals surface area contributed by atoms with Crippen molar-refractivity contribution in [1.29, 1.82) is 0 Å². The molecule has 0 amide bonds. The molecule has 0 bridgehead atoms. The molecule has 2 aromatic carbocycles. The Bertz CT molecular complexity index is 797. The number of esters is 2. The number of carbonyl (C=O) groups is 2. The van der Waals surface area contributed by atoms with Crippen LogP contribution >= 0.6 is 0 Å². The van der Waals surface area contributed by atoms with Crippen molar-refractivity contribution in [2.75, 3.05) is 7.11 Å². The topological polar surface area (TPSA) is 65.7 Å². The normalized spacial score (nSPS) is 10.4. The van der Waals surface area contributed by atoms with Crippen LogP contribution in [0, 0.1) is 0 Å².